The number of nitrogens with one attached hydrogen (secondary N) is 9. The molecule has 0 aliphatic carbocycles. The molecular formula is C71H105N15O14S2. The molecule has 5 rings (SSSR count). The maximum Gasteiger partial charge on any atom is 0.408 e. The number of anilines is 1. The van der Waals surface area contributed by atoms with Crippen LogP contribution < -0.4 is 53.6 Å². The van der Waals surface area contributed by atoms with Crippen LogP contribution in [0.3, 0.4) is 0 Å². The summed E-state index contributed by atoms with van der Waals surface area (Å²) in [6.45, 7) is 17.3. The number of hydrogen-bond acceptors (Lipinski definition) is 19. The highest BCUT2D eigenvalue weighted by molar-refractivity contribution is 7.98. The lowest BCUT2D eigenvalue weighted by atomic mass is 9.89. The molecule has 1 saturated heterocycles. The molecule has 0 radical (unpaired) electrons. The standard InChI is InChI=1S/C71H105N15O14S2/c1-15-43(6)58(54(98-12)37-55(88)86-34-21-26-53(86)59(99-13)44(7)60(89)81-52(65-74-33-35-102-65)36-46-22-17-16-18-23-46)85(11)66(94)57(42(4)5)83-67(95)71(9,10)84-70(97)100-40-47-27-29-49(30-28-47)79-62(91)51(25-20-32-75-68(72)96)80-64(93)56(41(2)3)82-63(92)50(78-45(8)87)24-19-31-73-61(90)48-38-76-69(101-14)77-39-48/h16-18,22-23,27-30,33,35,38-39,41-44,50-54,56-59H,15,19-21,24-26,31-32,34,36-37,40H2,1-14H3,(H,73,90)(H,78,87)(H,79,91)(H,80,93)(H,81,89)(H,82,92)(H,83,95)(H,84,97)(H3,72,75,96)/t43-,44+,50-,51-,52-,53-,54+,56-,57-,58-,59+/m0/s1. The Hall–Kier alpha value is -8.81. The fraction of sp³-hybridized carbons (Fsp3) is 0.577. The summed E-state index contributed by atoms with van der Waals surface area (Å²) in [6.07, 6.45) is 6.92. The third-order valence-electron chi connectivity index (χ3n) is 18.0. The van der Waals surface area contributed by atoms with Crippen LogP contribution in [-0.2, 0) is 65.6 Å². The van der Waals surface area contributed by atoms with Crippen molar-refractivity contribution >= 4 is 94.1 Å². The summed E-state index contributed by atoms with van der Waals surface area (Å²) in [5.41, 5.74) is 5.73. The van der Waals surface area contributed by atoms with Crippen molar-refractivity contribution in [2.45, 2.75) is 199 Å². The van der Waals surface area contributed by atoms with Gasteiger partial charge in [0.2, 0.25) is 47.3 Å². The third-order valence-corrected chi connectivity index (χ3v) is 19.4. The van der Waals surface area contributed by atoms with Gasteiger partial charge in [-0.3, -0.25) is 43.2 Å². The molecule has 0 bridgehead atoms. The molecule has 2 aromatic heterocycles. The first-order chi connectivity index (χ1) is 48.4. The molecule has 1 aliphatic rings. The Morgan fingerprint density at radius 3 is 1.96 bits per heavy atom. The lowest BCUT2D eigenvalue weighted by molar-refractivity contribution is -0.148. The summed E-state index contributed by atoms with van der Waals surface area (Å²) in [5, 5.41) is 27.8. The van der Waals surface area contributed by atoms with Crippen LogP contribution in [0.1, 0.15) is 153 Å². The first kappa shape index (κ1) is 83.8. The minimum absolute atomic E-state index is 0.0255. The number of nitrogens with zero attached hydrogens (tertiary/aromatic N) is 5. The van der Waals surface area contributed by atoms with Crippen LogP contribution in [0.4, 0.5) is 15.3 Å². The third kappa shape index (κ3) is 25.6. The van der Waals surface area contributed by atoms with Gasteiger partial charge in [0.05, 0.1) is 48.2 Å². The summed E-state index contributed by atoms with van der Waals surface area (Å²) in [4.78, 5) is 165. The van der Waals surface area contributed by atoms with Crippen molar-refractivity contribution in [1.29, 1.82) is 0 Å². The fourth-order valence-corrected chi connectivity index (χ4v) is 13.0. The van der Waals surface area contributed by atoms with Crippen molar-refractivity contribution in [2.75, 3.05) is 52.5 Å². The van der Waals surface area contributed by atoms with Gasteiger partial charge in [0.25, 0.3) is 5.91 Å². The molecule has 29 nitrogen and oxygen atoms in total. The van der Waals surface area contributed by atoms with Gasteiger partial charge in [0.1, 0.15) is 41.3 Å². The van der Waals surface area contributed by atoms with E-state index < -0.39 is 125 Å². The number of benzene rings is 2. The molecule has 11 atom stereocenters. The summed E-state index contributed by atoms with van der Waals surface area (Å²) >= 11 is 2.79. The first-order valence-electron chi connectivity index (χ1n) is 34.5. The summed E-state index contributed by atoms with van der Waals surface area (Å²) < 4.78 is 17.7. The van der Waals surface area contributed by atoms with Gasteiger partial charge in [-0.05, 0) is 106 Å². The van der Waals surface area contributed by atoms with Crippen molar-refractivity contribution in [3.63, 3.8) is 0 Å². The van der Waals surface area contributed by atoms with Gasteiger partial charge in [0, 0.05) is 77.5 Å². The second-order valence-electron chi connectivity index (χ2n) is 26.8. The highest BCUT2D eigenvalue weighted by atomic mass is 32.2. The largest absolute Gasteiger partial charge is 0.445 e. The van der Waals surface area contributed by atoms with Crippen molar-refractivity contribution in [3.05, 3.63) is 100 Å². The maximum atomic E-state index is 14.8. The van der Waals surface area contributed by atoms with Crippen molar-refractivity contribution in [1.82, 2.24) is 67.3 Å². The Morgan fingerprint density at radius 1 is 0.755 bits per heavy atom. The van der Waals surface area contributed by atoms with Crippen molar-refractivity contribution in [3.8, 4) is 0 Å². The number of amides is 12. The number of ether oxygens (including phenoxy) is 3. The average molecular weight is 1460 g/mol. The van der Waals surface area contributed by atoms with Gasteiger partial charge in [-0.15, -0.1) is 11.3 Å². The number of likely N-dealkylation sites (tertiary alicyclic amines) is 1. The van der Waals surface area contributed by atoms with Gasteiger partial charge < -0.3 is 77.6 Å². The molecule has 0 unspecified atom stereocenters. The van der Waals surface area contributed by atoms with Crippen molar-refractivity contribution < 1.29 is 67.0 Å². The monoisotopic (exact) mass is 1460 g/mol. The smallest absolute Gasteiger partial charge is 0.408 e. The fourth-order valence-electron chi connectivity index (χ4n) is 12.0. The SMILES string of the molecule is CC[C@H](C)[C@@H]([C@@H](CC(=O)N1CCC[C@H]1[C@H](OC)[C@@H](C)C(=O)N[C@@H](Cc1ccccc1)c1nccs1)OC)N(C)C(=O)[C@@H](NC(=O)C(C)(C)NC(=O)OCc1ccc(NC(=O)[C@H](CCCNC(N)=O)NC(=O)[C@@H](NC(=O)[C@H](CCCNC(=O)c2cnc(SC)nc2)NC(C)=O)C(C)C)cc1)C(C)C. The number of rotatable bonds is 40. The zero-order valence-corrected chi connectivity index (χ0v) is 62.7. The van der Waals surface area contributed by atoms with E-state index in [1.807, 2.05) is 56.5 Å². The Bertz CT molecular complexity index is 3410. The van der Waals surface area contributed by atoms with E-state index in [0.717, 1.165) is 10.6 Å². The second-order valence-corrected chi connectivity index (χ2v) is 28.5. The zero-order chi connectivity index (χ0) is 75.4. The number of urea groups is 1. The van der Waals surface area contributed by atoms with E-state index in [0.29, 0.717) is 48.6 Å². The lowest BCUT2D eigenvalue weighted by Crippen LogP contribution is -2.62. The van der Waals surface area contributed by atoms with Crippen LogP contribution in [0.2, 0.25) is 0 Å². The molecule has 2 aromatic carbocycles. The van der Waals surface area contributed by atoms with E-state index in [4.69, 9.17) is 19.9 Å². The first-order valence-corrected chi connectivity index (χ1v) is 36.6. The van der Waals surface area contributed by atoms with E-state index in [1.54, 1.807) is 83.5 Å². The van der Waals surface area contributed by atoms with Crippen LogP contribution in [-0.4, -0.2) is 191 Å². The molecule has 3 heterocycles. The number of likely N-dealkylation sites (N-methyl/N-ethyl adjacent to an activating group) is 1. The number of hydrogen-bond donors (Lipinski definition) is 10. The lowest BCUT2D eigenvalue weighted by Gasteiger charge is -2.41. The minimum Gasteiger partial charge on any atom is -0.445 e. The van der Waals surface area contributed by atoms with Gasteiger partial charge in [0.15, 0.2) is 5.16 Å². The molecule has 0 spiro atoms. The molecular weight excluding hydrogens is 1350 g/mol. The predicted octanol–water partition coefficient (Wildman–Crippen LogP) is 5.55. The van der Waals surface area contributed by atoms with Crippen LogP contribution in [0.5, 0.6) is 0 Å². The molecule has 4 aromatic rings. The Labute approximate surface area is 606 Å². The van der Waals surface area contributed by atoms with Gasteiger partial charge >= 0.3 is 12.1 Å². The average Bonchev–Trinajstić information content (AvgIpc) is 1.22. The highest BCUT2D eigenvalue weighted by Crippen LogP contribution is 2.31. The zero-order valence-electron chi connectivity index (χ0n) is 61.0. The molecule has 0 saturated carbocycles. The predicted molar refractivity (Wildman–Crippen MR) is 387 cm³/mol. The summed E-state index contributed by atoms with van der Waals surface area (Å²) in [5.74, 6) is -6.28. The van der Waals surface area contributed by atoms with E-state index in [9.17, 15) is 52.7 Å². The van der Waals surface area contributed by atoms with Crippen molar-refractivity contribution in [2.24, 2.45) is 29.4 Å². The minimum atomic E-state index is -1.61. The second kappa shape index (κ2) is 41.3. The number of nitrogens with two attached hydrogens (primary N) is 1. The molecule has 1 fully saturated rings. The Balaban J connectivity index is 1.16. The molecule has 12 amide bonds. The topological polar surface area (TPSA) is 395 Å². The molecule has 102 heavy (non-hydrogen) atoms. The number of primary amides is 1. The highest BCUT2D eigenvalue weighted by Gasteiger charge is 2.44. The molecule has 31 heteroatoms. The Morgan fingerprint density at radius 2 is 1.39 bits per heavy atom. The van der Waals surface area contributed by atoms with E-state index in [-0.39, 0.29) is 81.1 Å². The number of methoxy groups -OCH3 is 2. The van der Waals surface area contributed by atoms with E-state index >= 15 is 0 Å². The van der Waals surface area contributed by atoms with Crippen LogP contribution in [0.15, 0.2) is 83.7 Å². The van der Waals surface area contributed by atoms with Crippen LogP contribution in [0, 0.1) is 23.7 Å². The summed E-state index contributed by atoms with van der Waals surface area (Å²) in [6, 6.07) is 9.35. The van der Waals surface area contributed by atoms with Crippen LogP contribution >= 0.6 is 23.1 Å². The van der Waals surface area contributed by atoms with Gasteiger partial charge in [-0.25, -0.2) is 24.5 Å². The number of alkyl carbamates (subject to hydrolysis) is 1. The van der Waals surface area contributed by atoms with Crippen LogP contribution in [0.25, 0.3) is 0 Å². The maximum absolute atomic E-state index is 14.8. The number of aromatic nitrogens is 3. The Kier molecular flexibility index (Phi) is 34.0. The van der Waals surface area contributed by atoms with E-state index in [1.165, 1.54) is 68.3 Å². The van der Waals surface area contributed by atoms with Gasteiger partial charge in [-0.1, -0.05) is 109 Å². The molecule has 1 aliphatic heterocycles. The normalized spacial score (nSPS) is 15.9. The number of carbonyl (C=O) groups is 11. The summed E-state index contributed by atoms with van der Waals surface area (Å²) in [7, 11) is 4.68. The number of thioether (sulfide) groups is 1. The molecule has 11 N–H and O–H groups in total. The quantitative estimate of drug-likeness (QED) is 0.0148. The number of carbonyl (C=O) groups excluding carboxylic acids is 11. The van der Waals surface area contributed by atoms with E-state index in [2.05, 4.69) is 62.8 Å². The van der Waals surface area contributed by atoms with Gasteiger partial charge in [-0.2, -0.15) is 0 Å². The molecule has 560 valence electrons. The number of thiazole rings is 1.